The van der Waals surface area contributed by atoms with E-state index >= 15 is 0 Å². The molecule has 1 amide bonds. The molecule has 1 N–H and O–H groups in total. The molecule has 1 aliphatic rings. The SMILES string of the molecule is CC1CCCCCC1NC(=O)c1ccc([N+](=O)[O-])cc1Cl. The molecule has 2 atom stereocenters. The van der Waals surface area contributed by atoms with Gasteiger partial charge in [0.15, 0.2) is 0 Å². The predicted octanol–water partition coefficient (Wildman–Crippen LogP) is 3.95. The third-order valence-corrected chi connectivity index (χ3v) is 4.40. The molecule has 1 saturated carbocycles. The highest BCUT2D eigenvalue weighted by Crippen LogP contribution is 2.25. The topological polar surface area (TPSA) is 72.2 Å². The average molecular weight is 311 g/mol. The lowest BCUT2D eigenvalue weighted by atomic mass is 9.96. The van der Waals surface area contributed by atoms with Gasteiger partial charge in [-0.2, -0.15) is 0 Å². The molecule has 0 aliphatic heterocycles. The van der Waals surface area contributed by atoms with E-state index in [2.05, 4.69) is 12.2 Å². The molecule has 21 heavy (non-hydrogen) atoms. The maximum absolute atomic E-state index is 12.3. The molecule has 1 aromatic carbocycles. The van der Waals surface area contributed by atoms with Crippen LogP contribution < -0.4 is 5.32 Å². The van der Waals surface area contributed by atoms with Crippen LogP contribution in [0.4, 0.5) is 5.69 Å². The Bertz CT molecular complexity index is 548. The van der Waals surface area contributed by atoms with Crippen molar-refractivity contribution in [1.82, 2.24) is 5.32 Å². The Morgan fingerprint density at radius 2 is 2.05 bits per heavy atom. The third-order valence-electron chi connectivity index (χ3n) is 4.09. The van der Waals surface area contributed by atoms with Gasteiger partial charge < -0.3 is 5.32 Å². The molecule has 114 valence electrons. The standard InChI is InChI=1S/C15H19ClN2O3/c1-10-5-3-2-4-6-14(10)17-15(19)12-8-7-11(18(20)21)9-13(12)16/h7-10,14H,2-6H2,1H3,(H,17,19). The largest absolute Gasteiger partial charge is 0.349 e. The fourth-order valence-electron chi connectivity index (χ4n) is 2.76. The first-order valence-electron chi connectivity index (χ1n) is 7.24. The minimum absolute atomic E-state index is 0.112. The van der Waals surface area contributed by atoms with Crippen molar-refractivity contribution in [2.45, 2.75) is 45.1 Å². The lowest BCUT2D eigenvalue weighted by Crippen LogP contribution is -2.38. The second kappa shape index (κ2) is 6.89. The number of hydrogen-bond acceptors (Lipinski definition) is 3. The summed E-state index contributed by atoms with van der Waals surface area (Å²) in [6, 6.07) is 4.08. The van der Waals surface area contributed by atoms with Crippen LogP contribution in [0.25, 0.3) is 0 Å². The van der Waals surface area contributed by atoms with Crippen molar-refractivity contribution in [1.29, 1.82) is 0 Å². The molecule has 0 spiro atoms. The smallest absolute Gasteiger partial charge is 0.270 e. The van der Waals surface area contributed by atoms with E-state index in [4.69, 9.17) is 11.6 Å². The summed E-state index contributed by atoms with van der Waals surface area (Å²) in [6.07, 6.45) is 5.60. The van der Waals surface area contributed by atoms with E-state index in [-0.39, 0.29) is 22.7 Å². The minimum atomic E-state index is -0.527. The summed E-state index contributed by atoms with van der Waals surface area (Å²) in [5.41, 5.74) is 0.179. The van der Waals surface area contributed by atoms with Crippen LogP contribution in [0, 0.1) is 16.0 Å². The molecule has 2 rings (SSSR count). The highest BCUT2D eigenvalue weighted by molar-refractivity contribution is 6.34. The number of benzene rings is 1. The van der Waals surface area contributed by atoms with Gasteiger partial charge >= 0.3 is 0 Å². The van der Waals surface area contributed by atoms with Crippen LogP contribution >= 0.6 is 11.6 Å². The number of hydrogen-bond donors (Lipinski definition) is 1. The van der Waals surface area contributed by atoms with Gasteiger partial charge in [0.05, 0.1) is 15.5 Å². The van der Waals surface area contributed by atoms with Gasteiger partial charge in [0.1, 0.15) is 0 Å². The number of nitrogens with one attached hydrogen (secondary N) is 1. The van der Waals surface area contributed by atoms with Crippen LogP contribution in [0.15, 0.2) is 18.2 Å². The average Bonchev–Trinajstić information content (AvgIpc) is 2.63. The van der Waals surface area contributed by atoms with E-state index in [0.29, 0.717) is 11.5 Å². The van der Waals surface area contributed by atoms with Crippen molar-refractivity contribution in [3.8, 4) is 0 Å². The molecule has 0 saturated heterocycles. The van der Waals surface area contributed by atoms with Gasteiger partial charge in [0, 0.05) is 18.2 Å². The zero-order valence-electron chi connectivity index (χ0n) is 12.0. The first-order valence-corrected chi connectivity index (χ1v) is 7.61. The normalized spacial score (nSPS) is 22.4. The summed E-state index contributed by atoms with van der Waals surface area (Å²) in [6.45, 7) is 2.15. The summed E-state index contributed by atoms with van der Waals surface area (Å²) in [5, 5.41) is 13.8. The van der Waals surface area contributed by atoms with Crippen molar-refractivity contribution in [2.75, 3.05) is 0 Å². The number of nitro benzene ring substituents is 1. The van der Waals surface area contributed by atoms with Gasteiger partial charge in [-0.1, -0.05) is 37.8 Å². The summed E-state index contributed by atoms with van der Waals surface area (Å²) < 4.78 is 0. The Balaban J connectivity index is 2.11. The van der Waals surface area contributed by atoms with Gasteiger partial charge in [-0.3, -0.25) is 14.9 Å². The first kappa shape index (κ1) is 15.8. The number of non-ortho nitro benzene ring substituents is 1. The molecule has 0 aromatic heterocycles. The van der Waals surface area contributed by atoms with E-state index in [1.54, 1.807) is 0 Å². The van der Waals surface area contributed by atoms with Crippen molar-refractivity contribution < 1.29 is 9.72 Å². The molecule has 0 heterocycles. The Morgan fingerprint density at radius 1 is 1.33 bits per heavy atom. The molecule has 0 bridgehead atoms. The molecular weight excluding hydrogens is 292 g/mol. The number of halogens is 1. The molecule has 1 fully saturated rings. The molecule has 0 radical (unpaired) electrons. The van der Waals surface area contributed by atoms with Gasteiger partial charge in [0.2, 0.25) is 0 Å². The maximum Gasteiger partial charge on any atom is 0.270 e. The molecule has 1 aliphatic carbocycles. The van der Waals surface area contributed by atoms with E-state index < -0.39 is 4.92 Å². The summed E-state index contributed by atoms with van der Waals surface area (Å²) in [7, 11) is 0. The number of carbonyl (C=O) groups excluding carboxylic acids is 1. The van der Waals surface area contributed by atoms with Crippen molar-refractivity contribution >= 4 is 23.2 Å². The molecule has 6 heteroatoms. The van der Waals surface area contributed by atoms with Crippen LogP contribution in [-0.2, 0) is 0 Å². The second-order valence-electron chi connectivity index (χ2n) is 5.62. The number of amides is 1. The van der Waals surface area contributed by atoms with Crippen LogP contribution in [-0.4, -0.2) is 16.9 Å². The van der Waals surface area contributed by atoms with Gasteiger partial charge in [-0.15, -0.1) is 0 Å². The first-order chi connectivity index (χ1) is 9.99. The zero-order valence-corrected chi connectivity index (χ0v) is 12.7. The summed E-state index contributed by atoms with van der Waals surface area (Å²) in [4.78, 5) is 22.5. The molecule has 2 unspecified atom stereocenters. The van der Waals surface area contributed by atoms with Crippen LogP contribution in [0.5, 0.6) is 0 Å². The molecule has 5 nitrogen and oxygen atoms in total. The van der Waals surface area contributed by atoms with Gasteiger partial charge in [-0.25, -0.2) is 0 Å². The Labute approximate surface area is 128 Å². The lowest BCUT2D eigenvalue weighted by molar-refractivity contribution is -0.384. The zero-order chi connectivity index (χ0) is 15.4. The minimum Gasteiger partial charge on any atom is -0.349 e. The van der Waals surface area contributed by atoms with E-state index in [9.17, 15) is 14.9 Å². The number of rotatable bonds is 3. The summed E-state index contributed by atoms with van der Waals surface area (Å²) >= 11 is 5.99. The maximum atomic E-state index is 12.3. The van der Waals surface area contributed by atoms with Crippen LogP contribution in [0.1, 0.15) is 49.4 Å². The number of carbonyl (C=O) groups is 1. The van der Waals surface area contributed by atoms with Crippen LogP contribution in [0.3, 0.4) is 0 Å². The number of nitro groups is 1. The monoisotopic (exact) mass is 310 g/mol. The van der Waals surface area contributed by atoms with E-state index in [1.807, 2.05) is 0 Å². The Kier molecular flexibility index (Phi) is 5.17. The highest BCUT2D eigenvalue weighted by Gasteiger charge is 2.23. The fraction of sp³-hybridized carbons (Fsp3) is 0.533. The van der Waals surface area contributed by atoms with Gasteiger partial charge in [-0.05, 0) is 24.8 Å². The van der Waals surface area contributed by atoms with Crippen molar-refractivity contribution in [2.24, 2.45) is 5.92 Å². The lowest BCUT2D eigenvalue weighted by Gasteiger charge is -2.23. The van der Waals surface area contributed by atoms with E-state index in [1.165, 1.54) is 31.0 Å². The van der Waals surface area contributed by atoms with Crippen LogP contribution in [0.2, 0.25) is 5.02 Å². The van der Waals surface area contributed by atoms with Crippen molar-refractivity contribution in [3.05, 3.63) is 38.9 Å². The summed E-state index contributed by atoms with van der Waals surface area (Å²) in [5.74, 6) is 0.182. The predicted molar refractivity (Wildman–Crippen MR) is 81.6 cm³/mol. The third kappa shape index (κ3) is 3.94. The fourth-order valence-corrected chi connectivity index (χ4v) is 3.02. The molecule has 1 aromatic rings. The van der Waals surface area contributed by atoms with E-state index in [0.717, 1.165) is 19.3 Å². The number of nitrogens with zero attached hydrogens (tertiary/aromatic N) is 1. The quantitative estimate of drug-likeness (QED) is 0.522. The Hall–Kier alpha value is -1.62. The van der Waals surface area contributed by atoms with Crippen molar-refractivity contribution in [3.63, 3.8) is 0 Å². The molecular formula is C15H19ClN2O3. The van der Waals surface area contributed by atoms with Gasteiger partial charge in [0.25, 0.3) is 11.6 Å². The second-order valence-corrected chi connectivity index (χ2v) is 6.02. The highest BCUT2D eigenvalue weighted by atomic mass is 35.5. The Morgan fingerprint density at radius 3 is 2.71 bits per heavy atom.